The molecule has 1 atom stereocenters. The van der Waals surface area contributed by atoms with E-state index >= 15 is 0 Å². The van der Waals surface area contributed by atoms with Crippen LogP contribution in [0.3, 0.4) is 0 Å². The molecule has 0 spiro atoms. The van der Waals surface area contributed by atoms with Gasteiger partial charge in [-0.05, 0) is 61.4 Å². The molecule has 3 aromatic rings. The van der Waals surface area contributed by atoms with Gasteiger partial charge in [-0.25, -0.2) is 9.18 Å². The predicted molar refractivity (Wildman–Crippen MR) is 135 cm³/mol. The van der Waals surface area contributed by atoms with Gasteiger partial charge in [-0.3, -0.25) is 14.6 Å². The Kier molecular flexibility index (Phi) is 8.08. The van der Waals surface area contributed by atoms with Gasteiger partial charge in [-0.1, -0.05) is 30.3 Å². The van der Waals surface area contributed by atoms with E-state index in [1.165, 1.54) is 17.0 Å². The average Bonchev–Trinajstić information content (AvgIpc) is 2.90. The average molecular weight is 502 g/mol. The summed E-state index contributed by atoms with van der Waals surface area (Å²) in [6.45, 7) is 4.10. The predicted octanol–water partition coefficient (Wildman–Crippen LogP) is 4.50. The number of hydrogen-bond donors (Lipinski definition) is 1. The molecule has 0 fully saturated rings. The number of rotatable bonds is 8. The quantitative estimate of drug-likeness (QED) is 0.459. The van der Waals surface area contributed by atoms with Crippen LogP contribution in [0.25, 0.3) is 0 Å². The number of pyridine rings is 1. The lowest BCUT2D eigenvalue weighted by molar-refractivity contribution is -0.140. The van der Waals surface area contributed by atoms with E-state index in [1.54, 1.807) is 50.4 Å². The van der Waals surface area contributed by atoms with Crippen molar-refractivity contribution < 1.29 is 23.5 Å². The number of aromatic nitrogens is 1. The zero-order valence-corrected chi connectivity index (χ0v) is 20.7. The van der Waals surface area contributed by atoms with Crippen LogP contribution >= 0.6 is 0 Å². The van der Waals surface area contributed by atoms with Crippen LogP contribution < -0.4 is 5.32 Å². The molecule has 0 bridgehead atoms. The summed E-state index contributed by atoms with van der Waals surface area (Å²) in [4.78, 5) is 44.6. The molecule has 4 rings (SSSR count). The molecule has 1 aliphatic rings. The molecule has 1 N–H and O–H groups in total. The van der Waals surface area contributed by atoms with Gasteiger partial charge in [0.1, 0.15) is 5.82 Å². The molecule has 8 heteroatoms. The normalized spacial score (nSPS) is 15.5. The zero-order chi connectivity index (χ0) is 26.4. The third-order valence-corrected chi connectivity index (χ3v) is 6.28. The highest BCUT2D eigenvalue weighted by molar-refractivity contribution is 5.96. The Bertz CT molecular complexity index is 1320. The van der Waals surface area contributed by atoms with Crippen molar-refractivity contribution in [1.29, 1.82) is 0 Å². The fourth-order valence-electron chi connectivity index (χ4n) is 4.43. The van der Waals surface area contributed by atoms with Crippen molar-refractivity contribution in [3.05, 3.63) is 112 Å². The van der Waals surface area contributed by atoms with Gasteiger partial charge in [-0.2, -0.15) is 0 Å². The van der Waals surface area contributed by atoms with Crippen LogP contribution in [0.5, 0.6) is 0 Å². The Hall–Kier alpha value is -4.33. The summed E-state index contributed by atoms with van der Waals surface area (Å²) in [5.41, 5.74) is 3.46. The van der Waals surface area contributed by atoms with Gasteiger partial charge >= 0.3 is 5.97 Å². The van der Waals surface area contributed by atoms with Crippen molar-refractivity contribution in [2.45, 2.75) is 39.3 Å². The highest BCUT2D eigenvalue weighted by Crippen LogP contribution is 2.37. The van der Waals surface area contributed by atoms with E-state index in [4.69, 9.17) is 4.74 Å². The summed E-state index contributed by atoms with van der Waals surface area (Å²) in [6, 6.07) is 18.3. The first-order valence-corrected chi connectivity index (χ1v) is 12.1. The maximum Gasteiger partial charge on any atom is 0.336 e. The zero-order valence-electron chi connectivity index (χ0n) is 20.7. The minimum atomic E-state index is -0.535. The Labute approximate surface area is 215 Å². The van der Waals surface area contributed by atoms with Crippen molar-refractivity contribution in [3.63, 3.8) is 0 Å². The van der Waals surface area contributed by atoms with Crippen LogP contribution in [-0.4, -0.2) is 34.3 Å². The molecular weight excluding hydrogens is 473 g/mol. The molecule has 2 aromatic carbocycles. The number of amides is 2. The van der Waals surface area contributed by atoms with Gasteiger partial charge < -0.3 is 15.0 Å². The van der Waals surface area contributed by atoms with Crippen LogP contribution in [0.15, 0.2) is 84.2 Å². The number of nitrogens with zero attached hydrogens (tertiary/aromatic N) is 2. The summed E-state index contributed by atoms with van der Waals surface area (Å²) >= 11 is 0. The first-order chi connectivity index (χ1) is 17.9. The Morgan fingerprint density at radius 3 is 2.59 bits per heavy atom. The first kappa shape index (κ1) is 25.8. The standard InChI is InChI=1S/C29H28FN3O4/c1-3-37-29(36)27-19(2)33(26(34)16-25(27)21-10-12-23(30)13-11-21)18-20-7-6-8-22(15-20)28(35)32-17-24-9-4-5-14-31-24/h4-15,25H,3,16-18H2,1-2H3,(H,32,35). The number of hydrogen-bond acceptors (Lipinski definition) is 5. The third-order valence-electron chi connectivity index (χ3n) is 6.28. The van der Waals surface area contributed by atoms with Crippen LogP contribution in [0.2, 0.25) is 0 Å². The number of benzene rings is 2. The Morgan fingerprint density at radius 2 is 1.89 bits per heavy atom. The van der Waals surface area contributed by atoms with Crippen LogP contribution in [-0.2, 0) is 27.4 Å². The molecule has 7 nitrogen and oxygen atoms in total. The Balaban J connectivity index is 1.57. The maximum absolute atomic E-state index is 13.5. The number of carbonyl (C=O) groups is 3. The second-order valence-electron chi connectivity index (χ2n) is 8.71. The molecule has 1 aromatic heterocycles. The molecule has 1 unspecified atom stereocenters. The van der Waals surface area contributed by atoms with Gasteiger partial charge in [0, 0.05) is 29.8 Å². The van der Waals surface area contributed by atoms with Gasteiger partial charge in [0.2, 0.25) is 5.91 Å². The van der Waals surface area contributed by atoms with Gasteiger partial charge in [-0.15, -0.1) is 0 Å². The van der Waals surface area contributed by atoms with E-state index in [1.807, 2.05) is 24.3 Å². The topological polar surface area (TPSA) is 88.6 Å². The lowest BCUT2D eigenvalue weighted by Gasteiger charge is -2.34. The van der Waals surface area contributed by atoms with Gasteiger partial charge in [0.25, 0.3) is 5.91 Å². The monoisotopic (exact) mass is 501 g/mol. The number of halogens is 1. The molecule has 0 aliphatic carbocycles. The van der Waals surface area contributed by atoms with E-state index in [-0.39, 0.29) is 31.4 Å². The number of carbonyl (C=O) groups excluding carboxylic acids is 3. The molecule has 2 amide bonds. The fraction of sp³-hybridized carbons (Fsp3) is 0.241. The van der Waals surface area contributed by atoms with Crippen molar-refractivity contribution in [1.82, 2.24) is 15.2 Å². The first-order valence-electron chi connectivity index (χ1n) is 12.1. The van der Waals surface area contributed by atoms with Crippen molar-refractivity contribution >= 4 is 17.8 Å². The van der Waals surface area contributed by atoms with E-state index in [0.717, 1.165) is 11.3 Å². The lowest BCUT2D eigenvalue weighted by atomic mass is 9.83. The van der Waals surface area contributed by atoms with Crippen molar-refractivity contribution in [3.8, 4) is 0 Å². The molecule has 1 aliphatic heterocycles. The Morgan fingerprint density at radius 1 is 1.11 bits per heavy atom. The summed E-state index contributed by atoms with van der Waals surface area (Å²) in [5, 5.41) is 2.85. The second kappa shape index (κ2) is 11.6. The van der Waals surface area contributed by atoms with E-state index in [0.29, 0.717) is 28.9 Å². The number of allylic oxidation sites excluding steroid dienone is 1. The van der Waals surface area contributed by atoms with Crippen LogP contribution in [0, 0.1) is 5.82 Å². The van der Waals surface area contributed by atoms with Crippen molar-refractivity contribution in [2.24, 2.45) is 0 Å². The van der Waals surface area contributed by atoms with Gasteiger partial charge in [0.05, 0.1) is 31.0 Å². The number of nitrogens with one attached hydrogen (secondary N) is 1. The molecule has 190 valence electrons. The fourth-order valence-corrected chi connectivity index (χ4v) is 4.43. The van der Waals surface area contributed by atoms with E-state index in [2.05, 4.69) is 10.3 Å². The second-order valence-corrected chi connectivity index (χ2v) is 8.71. The minimum Gasteiger partial charge on any atom is -0.463 e. The summed E-state index contributed by atoms with van der Waals surface area (Å²) < 4.78 is 18.8. The molecule has 37 heavy (non-hydrogen) atoms. The minimum absolute atomic E-state index is 0.0430. The molecule has 0 radical (unpaired) electrons. The maximum atomic E-state index is 13.5. The van der Waals surface area contributed by atoms with Crippen LogP contribution in [0.4, 0.5) is 4.39 Å². The molecular formula is C29H28FN3O4. The lowest BCUT2D eigenvalue weighted by Crippen LogP contribution is -2.38. The highest BCUT2D eigenvalue weighted by Gasteiger charge is 2.37. The van der Waals surface area contributed by atoms with Crippen LogP contribution in [0.1, 0.15) is 53.4 Å². The highest BCUT2D eigenvalue weighted by atomic mass is 19.1. The molecule has 0 saturated heterocycles. The number of esters is 1. The van der Waals surface area contributed by atoms with E-state index < -0.39 is 17.7 Å². The summed E-state index contributed by atoms with van der Waals surface area (Å²) in [5.74, 6) is -1.87. The largest absolute Gasteiger partial charge is 0.463 e. The molecule has 0 saturated carbocycles. The SMILES string of the molecule is CCOC(=O)C1=C(C)N(Cc2cccc(C(=O)NCc3ccccn3)c2)C(=O)CC1c1ccc(F)cc1. The van der Waals surface area contributed by atoms with Gasteiger partial charge in [0.15, 0.2) is 0 Å². The smallest absolute Gasteiger partial charge is 0.336 e. The summed E-state index contributed by atoms with van der Waals surface area (Å²) in [6.07, 6.45) is 1.71. The number of ether oxygens (including phenoxy) is 1. The molecule has 2 heterocycles. The van der Waals surface area contributed by atoms with E-state index in [9.17, 15) is 18.8 Å². The summed E-state index contributed by atoms with van der Waals surface area (Å²) in [7, 11) is 0. The van der Waals surface area contributed by atoms with Crippen molar-refractivity contribution in [2.75, 3.05) is 6.61 Å². The third kappa shape index (κ3) is 6.09.